The molecule has 166 valence electrons. The standard InChI is InChI=1S/C22H29N5O4/c1-4-25-11-13-26(14-12-25)18-7-5-17(6-8-18)23-16(2)22(28)24-20-10-9-19(27(29)30)15-21(20)31-3/h5-10,15-16,23H,4,11-14H2,1-3H3,(H,24,28)/t16-/m0/s1. The van der Waals surface area contributed by atoms with Crippen molar-refractivity contribution >= 4 is 28.7 Å². The Hall–Kier alpha value is -3.33. The first-order valence-corrected chi connectivity index (χ1v) is 10.4. The van der Waals surface area contributed by atoms with Crippen LogP contribution in [0.4, 0.5) is 22.7 Å². The Kier molecular flexibility index (Phi) is 7.30. The van der Waals surface area contributed by atoms with Crippen molar-refractivity contribution < 1.29 is 14.5 Å². The van der Waals surface area contributed by atoms with Crippen molar-refractivity contribution in [2.24, 2.45) is 0 Å². The van der Waals surface area contributed by atoms with Gasteiger partial charge in [-0.05, 0) is 43.8 Å². The number of carbonyl (C=O) groups is 1. The third-order valence-corrected chi connectivity index (χ3v) is 5.48. The van der Waals surface area contributed by atoms with Crippen molar-refractivity contribution in [3.8, 4) is 5.75 Å². The first-order chi connectivity index (χ1) is 14.9. The minimum atomic E-state index is -0.515. The number of methoxy groups -OCH3 is 1. The number of hydrogen-bond donors (Lipinski definition) is 2. The Morgan fingerprint density at radius 3 is 2.42 bits per heavy atom. The molecule has 31 heavy (non-hydrogen) atoms. The van der Waals surface area contributed by atoms with Crippen LogP contribution >= 0.6 is 0 Å². The molecule has 0 aromatic heterocycles. The van der Waals surface area contributed by atoms with Crippen LogP contribution in [-0.2, 0) is 4.79 Å². The zero-order chi connectivity index (χ0) is 22.4. The summed E-state index contributed by atoms with van der Waals surface area (Å²) >= 11 is 0. The highest BCUT2D eigenvalue weighted by Gasteiger charge is 2.18. The molecule has 0 unspecified atom stereocenters. The molecule has 0 aliphatic carbocycles. The van der Waals surface area contributed by atoms with E-state index < -0.39 is 11.0 Å². The number of amides is 1. The number of benzene rings is 2. The molecule has 2 aromatic rings. The molecule has 2 aromatic carbocycles. The number of carbonyl (C=O) groups excluding carboxylic acids is 1. The number of anilines is 3. The summed E-state index contributed by atoms with van der Waals surface area (Å²) in [7, 11) is 1.40. The maximum Gasteiger partial charge on any atom is 0.273 e. The third-order valence-electron chi connectivity index (χ3n) is 5.48. The van der Waals surface area contributed by atoms with Gasteiger partial charge in [0.05, 0.1) is 23.8 Å². The Bertz CT molecular complexity index is 911. The van der Waals surface area contributed by atoms with Crippen LogP contribution < -0.4 is 20.3 Å². The van der Waals surface area contributed by atoms with Gasteiger partial charge in [0.15, 0.2) is 0 Å². The molecule has 3 rings (SSSR count). The van der Waals surface area contributed by atoms with Gasteiger partial charge in [-0.2, -0.15) is 0 Å². The molecule has 1 heterocycles. The Labute approximate surface area is 182 Å². The van der Waals surface area contributed by atoms with Gasteiger partial charge < -0.3 is 25.2 Å². The second-order valence-electron chi connectivity index (χ2n) is 7.47. The topological polar surface area (TPSA) is 100.0 Å². The number of non-ortho nitro benzene ring substituents is 1. The number of rotatable bonds is 8. The largest absolute Gasteiger partial charge is 0.494 e. The van der Waals surface area contributed by atoms with Crippen molar-refractivity contribution in [3.63, 3.8) is 0 Å². The smallest absolute Gasteiger partial charge is 0.273 e. The lowest BCUT2D eigenvalue weighted by Gasteiger charge is -2.35. The average molecular weight is 428 g/mol. The van der Waals surface area contributed by atoms with Crippen LogP contribution in [-0.4, -0.2) is 61.6 Å². The highest BCUT2D eigenvalue weighted by atomic mass is 16.6. The van der Waals surface area contributed by atoms with E-state index in [0.29, 0.717) is 5.69 Å². The second kappa shape index (κ2) is 10.1. The van der Waals surface area contributed by atoms with Crippen LogP contribution in [0.1, 0.15) is 13.8 Å². The van der Waals surface area contributed by atoms with E-state index in [-0.39, 0.29) is 17.3 Å². The summed E-state index contributed by atoms with van der Waals surface area (Å²) in [4.78, 5) is 27.8. The maximum absolute atomic E-state index is 12.6. The normalized spacial score (nSPS) is 15.3. The number of piperazine rings is 1. The number of nitro groups is 1. The fourth-order valence-corrected chi connectivity index (χ4v) is 3.54. The quantitative estimate of drug-likeness (QED) is 0.493. The number of nitro benzene ring substituents is 1. The molecule has 9 heteroatoms. The molecule has 0 bridgehead atoms. The van der Waals surface area contributed by atoms with E-state index in [9.17, 15) is 14.9 Å². The minimum Gasteiger partial charge on any atom is -0.494 e. The van der Waals surface area contributed by atoms with Crippen molar-refractivity contribution in [2.45, 2.75) is 19.9 Å². The zero-order valence-corrected chi connectivity index (χ0v) is 18.1. The van der Waals surface area contributed by atoms with Crippen molar-refractivity contribution in [1.82, 2.24) is 4.90 Å². The maximum atomic E-state index is 12.6. The lowest BCUT2D eigenvalue weighted by molar-refractivity contribution is -0.384. The van der Waals surface area contributed by atoms with E-state index in [1.807, 2.05) is 12.1 Å². The third kappa shape index (κ3) is 5.64. The molecule has 1 aliphatic rings. The molecule has 0 radical (unpaired) electrons. The van der Waals surface area contributed by atoms with Crippen molar-refractivity contribution in [3.05, 3.63) is 52.6 Å². The average Bonchev–Trinajstić information content (AvgIpc) is 2.79. The van der Waals surface area contributed by atoms with Crippen LogP contribution in [0.3, 0.4) is 0 Å². The first kappa shape index (κ1) is 22.4. The SMILES string of the molecule is CCN1CCN(c2ccc(N[C@@H](C)C(=O)Nc3ccc([N+](=O)[O-])cc3OC)cc2)CC1. The molecular weight excluding hydrogens is 398 g/mol. The molecule has 1 aliphatic heterocycles. The first-order valence-electron chi connectivity index (χ1n) is 10.4. The molecule has 9 nitrogen and oxygen atoms in total. The monoisotopic (exact) mass is 427 g/mol. The number of ether oxygens (including phenoxy) is 1. The highest BCUT2D eigenvalue weighted by Crippen LogP contribution is 2.29. The van der Waals surface area contributed by atoms with Gasteiger partial charge in [0.2, 0.25) is 5.91 Å². The van der Waals surface area contributed by atoms with E-state index in [4.69, 9.17) is 4.74 Å². The van der Waals surface area contributed by atoms with Crippen LogP contribution in [0.2, 0.25) is 0 Å². The number of nitrogens with zero attached hydrogens (tertiary/aromatic N) is 3. The van der Waals surface area contributed by atoms with Gasteiger partial charge >= 0.3 is 0 Å². The lowest BCUT2D eigenvalue weighted by Crippen LogP contribution is -2.46. The van der Waals surface area contributed by atoms with Crippen molar-refractivity contribution in [1.29, 1.82) is 0 Å². The molecule has 1 atom stereocenters. The molecule has 0 spiro atoms. The van der Waals surface area contributed by atoms with Gasteiger partial charge in [-0.15, -0.1) is 0 Å². The van der Waals surface area contributed by atoms with Gasteiger partial charge in [0.25, 0.3) is 5.69 Å². The molecule has 2 N–H and O–H groups in total. The zero-order valence-electron chi connectivity index (χ0n) is 18.1. The molecule has 0 saturated carbocycles. The van der Waals surface area contributed by atoms with Gasteiger partial charge in [0.1, 0.15) is 11.8 Å². The summed E-state index contributed by atoms with van der Waals surface area (Å²) in [5.74, 6) is -0.0332. The Balaban J connectivity index is 1.58. The number of likely N-dealkylation sites (N-methyl/N-ethyl adjacent to an activating group) is 1. The van der Waals surface area contributed by atoms with Crippen LogP contribution in [0.15, 0.2) is 42.5 Å². The van der Waals surface area contributed by atoms with Crippen LogP contribution in [0.25, 0.3) is 0 Å². The van der Waals surface area contributed by atoms with Gasteiger partial charge in [-0.3, -0.25) is 14.9 Å². The summed E-state index contributed by atoms with van der Waals surface area (Å²) < 4.78 is 5.17. The van der Waals surface area contributed by atoms with Crippen molar-refractivity contribution in [2.75, 3.05) is 55.4 Å². The predicted molar refractivity (Wildman–Crippen MR) is 122 cm³/mol. The van der Waals surface area contributed by atoms with Crippen LogP contribution in [0.5, 0.6) is 5.75 Å². The van der Waals surface area contributed by atoms with E-state index in [2.05, 4.69) is 39.5 Å². The van der Waals surface area contributed by atoms with E-state index >= 15 is 0 Å². The number of hydrogen-bond acceptors (Lipinski definition) is 7. The molecule has 1 saturated heterocycles. The Morgan fingerprint density at radius 1 is 1.16 bits per heavy atom. The van der Waals surface area contributed by atoms with Gasteiger partial charge in [-0.1, -0.05) is 6.92 Å². The highest BCUT2D eigenvalue weighted by molar-refractivity contribution is 5.97. The minimum absolute atomic E-state index is 0.0998. The van der Waals surface area contributed by atoms with E-state index in [0.717, 1.165) is 38.4 Å². The summed E-state index contributed by atoms with van der Waals surface area (Å²) in [5.41, 5.74) is 2.30. The summed E-state index contributed by atoms with van der Waals surface area (Å²) in [6.45, 7) is 9.19. The lowest BCUT2D eigenvalue weighted by atomic mass is 10.2. The van der Waals surface area contributed by atoms with Crippen LogP contribution in [0, 0.1) is 10.1 Å². The van der Waals surface area contributed by atoms with E-state index in [1.54, 1.807) is 6.92 Å². The molecule has 1 fully saturated rings. The molecule has 1 amide bonds. The van der Waals surface area contributed by atoms with Gasteiger partial charge in [0, 0.05) is 43.6 Å². The van der Waals surface area contributed by atoms with Gasteiger partial charge in [-0.25, -0.2) is 0 Å². The summed E-state index contributed by atoms with van der Waals surface area (Å²) in [5, 5.41) is 16.9. The summed E-state index contributed by atoms with van der Waals surface area (Å²) in [6, 6.07) is 11.6. The van der Waals surface area contributed by atoms with E-state index in [1.165, 1.54) is 31.0 Å². The fraction of sp³-hybridized carbons (Fsp3) is 0.409. The summed E-state index contributed by atoms with van der Waals surface area (Å²) in [6.07, 6.45) is 0. The fourth-order valence-electron chi connectivity index (χ4n) is 3.54. The Morgan fingerprint density at radius 2 is 1.84 bits per heavy atom. The second-order valence-corrected chi connectivity index (χ2v) is 7.47. The molecular formula is C22H29N5O4. The predicted octanol–water partition coefficient (Wildman–Crippen LogP) is 3.18. The number of nitrogens with one attached hydrogen (secondary N) is 2.